The summed E-state index contributed by atoms with van der Waals surface area (Å²) in [6.45, 7) is 0.0829. The van der Waals surface area contributed by atoms with Crippen molar-refractivity contribution in [1.29, 1.82) is 0 Å². The van der Waals surface area contributed by atoms with Gasteiger partial charge >= 0.3 is 0 Å². The lowest BCUT2D eigenvalue weighted by atomic mass is 10.0. The molecule has 1 aromatic carbocycles. The normalized spacial score (nSPS) is 14.8. The van der Waals surface area contributed by atoms with Crippen molar-refractivity contribution in [2.45, 2.75) is 18.6 Å². The van der Waals surface area contributed by atoms with Crippen molar-refractivity contribution in [2.75, 3.05) is 6.54 Å². The molecule has 90 valence electrons. The molecule has 0 amide bonds. The topological polar surface area (TPSA) is 86.7 Å². The summed E-state index contributed by atoms with van der Waals surface area (Å²) in [5, 5.41) is 27.8. The summed E-state index contributed by atoms with van der Waals surface area (Å²) in [5.74, 6) is -2.80. The van der Waals surface area contributed by atoms with E-state index in [9.17, 15) is 19.0 Å². The number of hydrogen-bond donors (Lipinski definition) is 4. The van der Waals surface area contributed by atoms with Gasteiger partial charge in [0.05, 0.1) is 11.7 Å². The smallest absolute Gasteiger partial charge is 0.135 e. The molecule has 1 rings (SSSR count). The molecular formula is C10H13F2NO3. The van der Waals surface area contributed by atoms with E-state index in [2.05, 4.69) is 0 Å². The van der Waals surface area contributed by atoms with Crippen molar-refractivity contribution in [3.05, 3.63) is 29.3 Å². The molecule has 5 N–H and O–H groups in total. The Kier molecular flexibility index (Phi) is 4.17. The van der Waals surface area contributed by atoms with Crippen LogP contribution in [-0.4, -0.2) is 28.0 Å². The lowest BCUT2D eigenvalue weighted by Gasteiger charge is -2.18. The molecule has 6 heteroatoms. The van der Waals surface area contributed by atoms with Gasteiger partial charge in [0.15, 0.2) is 0 Å². The Bertz CT molecular complexity index is 350. The van der Waals surface area contributed by atoms with Gasteiger partial charge in [-0.05, 0) is 13.0 Å². The van der Waals surface area contributed by atoms with E-state index in [1.807, 2.05) is 0 Å². The molecule has 0 fully saturated rings. The third-order valence-corrected chi connectivity index (χ3v) is 2.19. The van der Waals surface area contributed by atoms with Crippen LogP contribution in [0.1, 0.15) is 18.1 Å². The number of phenols is 1. The van der Waals surface area contributed by atoms with Gasteiger partial charge < -0.3 is 21.1 Å². The van der Waals surface area contributed by atoms with Crippen LogP contribution in [0.2, 0.25) is 0 Å². The van der Waals surface area contributed by atoms with Crippen LogP contribution in [0.25, 0.3) is 0 Å². The summed E-state index contributed by atoms with van der Waals surface area (Å²) in [5.41, 5.74) is 4.48. The largest absolute Gasteiger partial charge is 0.508 e. The van der Waals surface area contributed by atoms with Gasteiger partial charge in [-0.15, -0.1) is 0 Å². The highest BCUT2D eigenvalue weighted by Crippen LogP contribution is 2.27. The fourth-order valence-corrected chi connectivity index (χ4v) is 1.37. The molecule has 0 aliphatic carbocycles. The second-order valence-electron chi connectivity index (χ2n) is 3.41. The summed E-state index contributed by atoms with van der Waals surface area (Å²) in [6.07, 6.45) is -3.04. The van der Waals surface area contributed by atoms with E-state index in [4.69, 9.17) is 10.8 Å². The number of benzene rings is 1. The number of aliphatic hydroxyl groups is 2. The highest BCUT2D eigenvalue weighted by molar-refractivity contribution is 5.31. The van der Waals surface area contributed by atoms with Gasteiger partial charge in [0, 0.05) is 12.1 Å². The van der Waals surface area contributed by atoms with E-state index in [0.717, 1.165) is 0 Å². The molecule has 0 saturated carbocycles. The highest BCUT2D eigenvalue weighted by atomic mass is 19.1. The maximum Gasteiger partial charge on any atom is 0.135 e. The van der Waals surface area contributed by atoms with Gasteiger partial charge in [0.25, 0.3) is 0 Å². The molecule has 0 aliphatic heterocycles. The maximum absolute atomic E-state index is 13.3. The number of hydrogen-bond acceptors (Lipinski definition) is 4. The van der Waals surface area contributed by atoms with Crippen molar-refractivity contribution in [2.24, 2.45) is 5.73 Å². The lowest BCUT2D eigenvalue weighted by molar-refractivity contribution is 0.0107. The minimum atomic E-state index is -1.70. The molecule has 2 atom stereocenters. The van der Waals surface area contributed by atoms with Crippen LogP contribution in [-0.2, 0) is 0 Å². The van der Waals surface area contributed by atoms with Crippen molar-refractivity contribution >= 4 is 0 Å². The van der Waals surface area contributed by atoms with E-state index in [1.165, 1.54) is 0 Å². The molecule has 0 radical (unpaired) electrons. The van der Waals surface area contributed by atoms with E-state index < -0.39 is 35.2 Å². The fourth-order valence-electron chi connectivity index (χ4n) is 1.37. The SMILES string of the molecule is NCCC(O)C(O)c1c(F)cc(O)cc1F. The molecule has 0 heterocycles. The Morgan fingerprint density at radius 1 is 1.19 bits per heavy atom. The third-order valence-electron chi connectivity index (χ3n) is 2.19. The van der Waals surface area contributed by atoms with Gasteiger partial charge in [0.2, 0.25) is 0 Å². The predicted octanol–water partition coefficient (Wildman–Crippen LogP) is 0.414. The first-order valence-electron chi connectivity index (χ1n) is 4.71. The second kappa shape index (κ2) is 5.20. The summed E-state index contributed by atoms with van der Waals surface area (Å²) >= 11 is 0. The Balaban J connectivity index is 3.03. The molecule has 0 spiro atoms. The van der Waals surface area contributed by atoms with Crippen LogP contribution in [0.4, 0.5) is 8.78 Å². The zero-order valence-electron chi connectivity index (χ0n) is 8.40. The molecule has 4 nitrogen and oxygen atoms in total. The van der Waals surface area contributed by atoms with Gasteiger partial charge in [-0.25, -0.2) is 8.78 Å². The first kappa shape index (κ1) is 12.8. The molecular weight excluding hydrogens is 220 g/mol. The van der Waals surface area contributed by atoms with Crippen molar-refractivity contribution in [1.82, 2.24) is 0 Å². The average molecular weight is 233 g/mol. The summed E-state index contributed by atoms with van der Waals surface area (Å²) in [6, 6.07) is 1.33. The van der Waals surface area contributed by atoms with E-state index in [-0.39, 0.29) is 13.0 Å². The third kappa shape index (κ3) is 2.66. The molecule has 2 unspecified atom stereocenters. The first-order valence-corrected chi connectivity index (χ1v) is 4.71. The molecule has 0 aliphatic rings. The van der Waals surface area contributed by atoms with Gasteiger partial charge in [0.1, 0.15) is 23.5 Å². The minimum absolute atomic E-state index is 0.0148. The standard InChI is InChI=1S/C10H13F2NO3/c11-6-3-5(14)4-7(12)9(6)10(16)8(15)1-2-13/h3-4,8,10,14-16H,1-2,13H2. The zero-order chi connectivity index (χ0) is 12.3. The van der Waals surface area contributed by atoms with Gasteiger partial charge in [-0.1, -0.05) is 0 Å². The van der Waals surface area contributed by atoms with Crippen LogP contribution in [0, 0.1) is 11.6 Å². The first-order chi connectivity index (χ1) is 7.47. The summed E-state index contributed by atoms with van der Waals surface area (Å²) < 4.78 is 26.5. The Morgan fingerprint density at radius 3 is 2.12 bits per heavy atom. The van der Waals surface area contributed by atoms with Crippen LogP contribution < -0.4 is 5.73 Å². The Morgan fingerprint density at radius 2 is 1.69 bits per heavy atom. The fraction of sp³-hybridized carbons (Fsp3) is 0.400. The Hall–Kier alpha value is -1.24. The molecule has 0 saturated heterocycles. The lowest BCUT2D eigenvalue weighted by Crippen LogP contribution is -2.23. The summed E-state index contributed by atoms with van der Waals surface area (Å²) in [7, 11) is 0. The summed E-state index contributed by atoms with van der Waals surface area (Å²) in [4.78, 5) is 0. The molecule has 1 aromatic rings. The number of aromatic hydroxyl groups is 1. The van der Waals surface area contributed by atoms with Crippen LogP contribution >= 0.6 is 0 Å². The van der Waals surface area contributed by atoms with Crippen LogP contribution in [0.3, 0.4) is 0 Å². The van der Waals surface area contributed by atoms with Gasteiger partial charge in [-0.3, -0.25) is 0 Å². The van der Waals surface area contributed by atoms with Crippen LogP contribution in [0.15, 0.2) is 12.1 Å². The monoisotopic (exact) mass is 233 g/mol. The van der Waals surface area contributed by atoms with Crippen molar-refractivity contribution in [3.8, 4) is 5.75 Å². The number of rotatable bonds is 4. The number of halogens is 2. The molecule has 0 aromatic heterocycles. The number of phenolic OH excluding ortho intramolecular Hbond substituents is 1. The van der Waals surface area contributed by atoms with Crippen LogP contribution in [0.5, 0.6) is 5.75 Å². The van der Waals surface area contributed by atoms with Crippen molar-refractivity contribution < 1.29 is 24.1 Å². The minimum Gasteiger partial charge on any atom is -0.508 e. The average Bonchev–Trinajstić information content (AvgIpc) is 2.16. The van der Waals surface area contributed by atoms with E-state index in [0.29, 0.717) is 12.1 Å². The highest BCUT2D eigenvalue weighted by Gasteiger charge is 2.25. The molecule has 16 heavy (non-hydrogen) atoms. The van der Waals surface area contributed by atoms with Gasteiger partial charge in [-0.2, -0.15) is 0 Å². The predicted molar refractivity (Wildman–Crippen MR) is 52.7 cm³/mol. The van der Waals surface area contributed by atoms with Crippen molar-refractivity contribution in [3.63, 3.8) is 0 Å². The maximum atomic E-state index is 13.3. The second-order valence-corrected chi connectivity index (χ2v) is 3.41. The number of nitrogens with two attached hydrogens (primary N) is 1. The molecule has 0 bridgehead atoms. The quantitative estimate of drug-likeness (QED) is 0.606. The zero-order valence-corrected chi connectivity index (χ0v) is 8.40. The van der Waals surface area contributed by atoms with E-state index in [1.54, 1.807) is 0 Å². The Labute approximate surface area is 90.9 Å². The van der Waals surface area contributed by atoms with E-state index >= 15 is 0 Å². The number of aliphatic hydroxyl groups excluding tert-OH is 2.